The van der Waals surface area contributed by atoms with Gasteiger partial charge < -0.3 is 9.47 Å². The number of aryl methyl sites for hydroxylation is 2. The minimum Gasteiger partial charge on any atom is -0.336 e. The highest BCUT2D eigenvalue weighted by molar-refractivity contribution is 5.92. The van der Waals surface area contributed by atoms with Gasteiger partial charge >= 0.3 is 0 Å². The first-order chi connectivity index (χ1) is 14.0. The van der Waals surface area contributed by atoms with E-state index in [-0.39, 0.29) is 11.3 Å². The third kappa shape index (κ3) is 4.01. The van der Waals surface area contributed by atoms with Crippen molar-refractivity contribution in [3.05, 3.63) is 65.8 Å². The van der Waals surface area contributed by atoms with Gasteiger partial charge in [-0.25, -0.2) is 4.98 Å². The molecule has 0 N–H and O–H groups in total. The van der Waals surface area contributed by atoms with Crippen LogP contribution in [0.2, 0.25) is 0 Å². The maximum absolute atomic E-state index is 13.1. The van der Waals surface area contributed by atoms with Crippen LogP contribution in [-0.2, 0) is 13.5 Å². The minimum atomic E-state index is 0.120. The Bertz CT molecular complexity index is 887. The fraction of sp³-hybridized carbons (Fsp3) is 0.500. The van der Waals surface area contributed by atoms with E-state index in [1.807, 2.05) is 11.6 Å². The van der Waals surface area contributed by atoms with E-state index in [9.17, 15) is 4.79 Å². The molecule has 1 aromatic carbocycles. The number of amides is 1. The third-order valence-corrected chi connectivity index (χ3v) is 6.87. The first kappa shape index (κ1) is 19.9. The summed E-state index contributed by atoms with van der Waals surface area (Å²) in [6, 6.07) is 10.7. The second-order valence-electron chi connectivity index (χ2n) is 8.93. The van der Waals surface area contributed by atoms with Crippen molar-refractivity contribution in [3.63, 3.8) is 0 Å². The van der Waals surface area contributed by atoms with E-state index in [0.717, 1.165) is 45.6 Å². The van der Waals surface area contributed by atoms with E-state index in [1.165, 1.54) is 11.1 Å². The second kappa shape index (κ2) is 8.15. The monoisotopic (exact) mass is 392 g/mol. The molecule has 0 spiro atoms. The Morgan fingerprint density at radius 1 is 1.24 bits per heavy atom. The molecule has 0 bridgehead atoms. The highest BCUT2D eigenvalue weighted by atomic mass is 16.2. The summed E-state index contributed by atoms with van der Waals surface area (Å²) in [5.74, 6) is 0.655. The molecule has 154 valence electrons. The summed E-state index contributed by atoms with van der Waals surface area (Å²) in [5.41, 5.74) is 3.67. The number of rotatable bonds is 6. The van der Waals surface area contributed by atoms with Gasteiger partial charge in [0.2, 0.25) is 0 Å². The van der Waals surface area contributed by atoms with Crippen LogP contribution in [0, 0.1) is 11.3 Å². The van der Waals surface area contributed by atoms with Crippen molar-refractivity contribution in [1.82, 2.24) is 19.4 Å². The van der Waals surface area contributed by atoms with E-state index in [0.29, 0.717) is 11.6 Å². The number of carbonyl (C=O) groups excluding carboxylic acids is 1. The molecule has 2 aromatic rings. The molecular formula is C24H32N4O. The fourth-order valence-electron chi connectivity index (χ4n) is 5.13. The highest BCUT2D eigenvalue weighted by Crippen LogP contribution is 2.46. The number of imidazole rings is 1. The number of nitrogens with zero attached hydrogens (tertiary/aromatic N) is 4. The van der Waals surface area contributed by atoms with E-state index in [2.05, 4.69) is 65.0 Å². The molecule has 2 unspecified atom stereocenters. The highest BCUT2D eigenvalue weighted by Gasteiger charge is 2.53. The van der Waals surface area contributed by atoms with Gasteiger partial charge in [0.1, 0.15) is 5.69 Å². The number of fused-ring (bicyclic) bond motifs is 1. The summed E-state index contributed by atoms with van der Waals surface area (Å²) in [4.78, 5) is 21.9. The lowest BCUT2D eigenvalue weighted by Crippen LogP contribution is -2.38. The minimum absolute atomic E-state index is 0.120. The smallest absolute Gasteiger partial charge is 0.272 e. The average Bonchev–Trinajstić information content (AvgIpc) is 3.39. The lowest BCUT2D eigenvalue weighted by atomic mass is 9.76. The number of likely N-dealkylation sites (tertiary alicyclic amines) is 2. The maximum Gasteiger partial charge on any atom is 0.272 e. The Balaban J connectivity index is 1.52. The molecule has 2 aliphatic rings. The summed E-state index contributed by atoms with van der Waals surface area (Å²) in [5, 5.41) is 0. The van der Waals surface area contributed by atoms with E-state index in [4.69, 9.17) is 0 Å². The molecule has 0 saturated carbocycles. The zero-order valence-electron chi connectivity index (χ0n) is 17.8. The third-order valence-electron chi connectivity index (χ3n) is 6.87. The molecule has 29 heavy (non-hydrogen) atoms. The van der Waals surface area contributed by atoms with Crippen molar-refractivity contribution < 1.29 is 4.79 Å². The van der Waals surface area contributed by atoms with Gasteiger partial charge in [-0.1, -0.05) is 42.0 Å². The average molecular weight is 393 g/mol. The lowest BCUT2D eigenvalue weighted by molar-refractivity contribution is 0.0748. The number of aromatic nitrogens is 2. The van der Waals surface area contributed by atoms with E-state index in [1.54, 1.807) is 12.5 Å². The van der Waals surface area contributed by atoms with Gasteiger partial charge in [-0.15, -0.1) is 0 Å². The number of carbonyl (C=O) groups is 1. The molecular weight excluding hydrogens is 360 g/mol. The van der Waals surface area contributed by atoms with Crippen LogP contribution in [0.4, 0.5) is 0 Å². The van der Waals surface area contributed by atoms with Gasteiger partial charge in [-0.2, -0.15) is 0 Å². The van der Waals surface area contributed by atoms with Crippen LogP contribution in [0.15, 0.2) is 54.5 Å². The van der Waals surface area contributed by atoms with Gasteiger partial charge in [0.05, 0.1) is 12.5 Å². The van der Waals surface area contributed by atoms with E-state index < -0.39 is 0 Å². The zero-order valence-corrected chi connectivity index (χ0v) is 17.8. The standard InChI is InChI=1S/C24H32N4O/c1-4-19(2)13-27-14-21-15-28(23(29)22-12-25-18-26(22)3)17-24(21,16-27)11-10-20-8-6-5-7-9-20/h4-9,12,18,21H,10-11,13-17H2,1-3H3. The molecule has 5 nitrogen and oxygen atoms in total. The van der Waals surface area contributed by atoms with Crippen LogP contribution in [0.3, 0.4) is 0 Å². The molecule has 0 radical (unpaired) electrons. The predicted molar refractivity (Wildman–Crippen MR) is 116 cm³/mol. The maximum atomic E-state index is 13.1. The Kier molecular flexibility index (Phi) is 5.59. The largest absolute Gasteiger partial charge is 0.336 e. The Labute approximate surface area is 174 Å². The first-order valence-electron chi connectivity index (χ1n) is 10.6. The zero-order chi connectivity index (χ0) is 20.4. The van der Waals surface area contributed by atoms with Crippen LogP contribution in [0.5, 0.6) is 0 Å². The van der Waals surface area contributed by atoms with Crippen LogP contribution < -0.4 is 0 Å². The normalized spacial score (nSPS) is 24.9. The Hall–Kier alpha value is -2.40. The molecule has 5 heteroatoms. The first-order valence-corrected chi connectivity index (χ1v) is 10.6. The molecule has 1 aromatic heterocycles. The van der Waals surface area contributed by atoms with Crippen molar-refractivity contribution in [2.75, 3.05) is 32.7 Å². The molecule has 0 aliphatic carbocycles. The van der Waals surface area contributed by atoms with Crippen LogP contribution in [-0.4, -0.2) is 58.0 Å². The quantitative estimate of drug-likeness (QED) is 0.708. The molecule has 1 amide bonds. The van der Waals surface area contributed by atoms with Crippen molar-refractivity contribution in [3.8, 4) is 0 Å². The number of hydrogen-bond acceptors (Lipinski definition) is 3. The van der Waals surface area contributed by atoms with Gasteiger partial charge in [0.25, 0.3) is 5.91 Å². The lowest BCUT2D eigenvalue weighted by Gasteiger charge is -2.30. The van der Waals surface area contributed by atoms with Gasteiger partial charge in [0.15, 0.2) is 0 Å². The molecule has 2 saturated heterocycles. The van der Waals surface area contributed by atoms with Crippen molar-refractivity contribution >= 4 is 5.91 Å². The fourth-order valence-corrected chi connectivity index (χ4v) is 5.13. The molecule has 2 aliphatic heterocycles. The molecule has 2 atom stereocenters. The molecule has 2 fully saturated rings. The van der Waals surface area contributed by atoms with Crippen molar-refractivity contribution in [2.24, 2.45) is 18.4 Å². The predicted octanol–water partition coefficient (Wildman–Crippen LogP) is 3.39. The molecule has 4 rings (SSSR count). The Morgan fingerprint density at radius 2 is 2.03 bits per heavy atom. The second-order valence-corrected chi connectivity index (χ2v) is 8.93. The summed E-state index contributed by atoms with van der Waals surface area (Å²) in [7, 11) is 1.89. The SMILES string of the molecule is CC=C(C)CN1CC2CN(C(=O)c3cncn3C)CC2(CCc2ccccc2)C1. The van der Waals surface area contributed by atoms with Gasteiger partial charge in [-0.3, -0.25) is 9.69 Å². The molecule has 3 heterocycles. The van der Waals surface area contributed by atoms with Crippen molar-refractivity contribution in [1.29, 1.82) is 0 Å². The van der Waals surface area contributed by atoms with Crippen LogP contribution >= 0.6 is 0 Å². The van der Waals surface area contributed by atoms with Crippen LogP contribution in [0.25, 0.3) is 0 Å². The van der Waals surface area contributed by atoms with Crippen molar-refractivity contribution in [2.45, 2.75) is 26.7 Å². The number of hydrogen-bond donors (Lipinski definition) is 0. The van der Waals surface area contributed by atoms with Gasteiger partial charge in [-0.05, 0) is 38.2 Å². The van der Waals surface area contributed by atoms with E-state index >= 15 is 0 Å². The topological polar surface area (TPSA) is 41.4 Å². The van der Waals surface area contributed by atoms with Gasteiger partial charge in [0, 0.05) is 45.2 Å². The summed E-state index contributed by atoms with van der Waals surface area (Å²) >= 11 is 0. The van der Waals surface area contributed by atoms with Crippen LogP contribution in [0.1, 0.15) is 36.3 Å². The summed E-state index contributed by atoms with van der Waals surface area (Å²) < 4.78 is 1.83. The number of allylic oxidation sites excluding steroid dienone is 1. The summed E-state index contributed by atoms with van der Waals surface area (Å²) in [6.07, 6.45) is 7.80. The Morgan fingerprint density at radius 3 is 2.72 bits per heavy atom. The summed E-state index contributed by atoms with van der Waals surface area (Å²) in [6.45, 7) is 9.22. The number of benzene rings is 1.